The van der Waals surface area contributed by atoms with Crippen LogP contribution in [0.5, 0.6) is 0 Å². The summed E-state index contributed by atoms with van der Waals surface area (Å²) in [5.74, 6) is 1.19. The van der Waals surface area contributed by atoms with Crippen molar-refractivity contribution in [2.45, 2.75) is 26.8 Å². The lowest BCUT2D eigenvalue weighted by molar-refractivity contribution is 0.583. The molecule has 0 bridgehead atoms. The van der Waals surface area contributed by atoms with Crippen molar-refractivity contribution in [2.75, 3.05) is 12.0 Å². The predicted molar refractivity (Wildman–Crippen MR) is 57.0 cm³/mol. The number of rotatable bonds is 3. The van der Waals surface area contributed by atoms with Crippen LogP contribution < -0.4 is 0 Å². The highest BCUT2D eigenvalue weighted by atomic mass is 32.2. The van der Waals surface area contributed by atoms with Crippen molar-refractivity contribution in [1.29, 1.82) is 0 Å². The summed E-state index contributed by atoms with van der Waals surface area (Å²) in [5.41, 5.74) is 2.74. The highest BCUT2D eigenvalue weighted by molar-refractivity contribution is 7.98. The molecule has 1 aromatic rings. The molecule has 2 heteroatoms. The molecule has 0 N–H and O–H groups in total. The van der Waals surface area contributed by atoms with Crippen molar-refractivity contribution in [3.8, 4) is 0 Å². The summed E-state index contributed by atoms with van der Waals surface area (Å²) in [7, 11) is 0. The first-order chi connectivity index (χ1) is 5.66. The zero-order chi connectivity index (χ0) is 9.14. The first kappa shape index (κ1) is 9.72. The van der Waals surface area contributed by atoms with Crippen LogP contribution in [-0.2, 0) is 0 Å². The van der Waals surface area contributed by atoms with Crippen molar-refractivity contribution in [3.63, 3.8) is 0 Å². The highest BCUT2D eigenvalue weighted by Gasteiger charge is 2.07. The Hall–Kier alpha value is -0.370. The molecule has 0 saturated heterocycles. The molecule has 0 saturated carbocycles. The van der Waals surface area contributed by atoms with Gasteiger partial charge < -0.3 is 4.57 Å². The van der Waals surface area contributed by atoms with Gasteiger partial charge in [-0.05, 0) is 39.2 Å². The number of nitrogens with zero attached hydrogens (tertiary/aromatic N) is 1. The van der Waals surface area contributed by atoms with E-state index in [4.69, 9.17) is 0 Å². The van der Waals surface area contributed by atoms with Crippen LogP contribution in [0.4, 0.5) is 0 Å². The first-order valence-corrected chi connectivity index (χ1v) is 5.69. The molecule has 1 aromatic heterocycles. The molecule has 1 heterocycles. The zero-order valence-electron chi connectivity index (χ0n) is 8.29. The predicted octanol–water partition coefficient (Wildman–Crippen LogP) is 3.03. The fourth-order valence-electron chi connectivity index (χ4n) is 1.69. The van der Waals surface area contributed by atoms with Crippen molar-refractivity contribution >= 4 is 11.8 Å². The summed E-state index contributed by atoms with van der Waals surface area (Å²) >= 11 is 1.90. The average molecular weight is 183 g/mol. The normalized spacial score (nSPS) is 13.3. The maximum Gasteiger partial charge on any atom is 0.0397 e. The summed E-state index contributed by atoms with van der Waals surface area (Å²) in [4.78, 5) is 0. The van der Waals surface area contributed by atoms with Crippen molar-refractivity contribution in [2.24, 2.45) is 0 Å². The van der Waals surface area contributed by atoms with Crippen molar-refractivity contribution in [3.05, 3.63) is 23.5 Å². The Bertz CT molecular complexity index is 233. The molecule has 0 fully saturated rings. The van der Waals surface area contributed by atoms with Crippen LogP contribution in [-0.4, -0.2) is 16.6 Å². The average Bonchev–Trinajstić information content (AvgIpc) is 2.32. The summed E-state index contributed by atoms with van der Waals surface area (Å²) in [5, 5.41) is 0. The third kappa shape index (κ3) is 1.86. The lowest BCUT2D eigenvalue weighted by atomic mass is 10.3. The van der Waals surface area contributed by atoms with E-state index in [2.05, 4.69) is 43.7 Å². The lowest BCUT2D eigenvalue weighted by Crippen LogP contribution is -2.10. The fraction of sp³-hybridized carbons (Fsp3) is 0.600. The Labute approximate surface area is 79.2 Å². The number of thioether (sulfide) groups is 1. The summed E-state index contributed by atoms with van der Waals surface area (Å²) in [6, 6.07) is 4.99. The zero-order valence-corrected chi connectivity index (χ0v) is 9.11. The van der Waals surface area contributed by atoms with Crippen LogP contribution in [0.25, 0.3) is 0 Å². The van der Waals surface area contributed by atoms with E-state index < -0.39 is 0 Å². The Kier molecular flexibility index (Phi) is 3.27. The van der Waals surface area contributed by atoms with E-state index in [-0.39, 0.29) is 0 Å². The topological polar surface area (TPSA) is 4.93 Å². The molecule has 12 heavy (non-hydrogen) atoms. The van der Waals surface area contributed by atoms with Crippen molar-refractivity contribution < 1.29 is 0 Å². The first-order valence-electron chi connectivity index (χ1n) is 4.30. The molecule has 1 unspecified atom stereocenters. The minimum atomic E-state index is 0.620. The monoisotopic (exact) mass is 183 g/mol. The van der Waals surface area contributed by atoms with E-state index in [9.17, 15) is 0 Å². The van der Waals surface area contributed by atoms with Gasteiger partial charge in [0.25, 0.3) is 0 Å². The quantitative estimate of drug-likeness (QED) is 0.697. The van der Waals surface area contributed by atoms with Crippen LogP contribution in [0.1, 0.15) is 24.4 Å². The molecule has 68 valence electrons. The van der Waals surface area contributed by atoms with Crippen LogP contribution >= 0.6 is 11.8 Å². The van der Waals surface area contributed by atoms with Crippen molar-refractivity contribution in [1.82, 2.24) is 4.57 Å². The van der Waals surface area contributed by atoms with E-state index in [0.29, 0.717) is 6.04 Å². The molecular formula is C10H17NS. The second-order valence-electron chi connectivity index (χ2n) is 3.29. The molecule has 0 aliphatic rings. The van der Waals surface area contributed by atoms with Gasteiger partial charge in [0.15, 0.2) is 0 Å². The van der Waals surface area contributed by atoms with Crippen LogP contribution in [0, 0.1) is 13.8 Å². The van der Waals surface area contributed by atoms with E-state index >= 15 is 0 Å². The van der Waals surface area contributed by atoms with Gasteiger partial charge >= 0.3 is 0 Å². The van der Waals surface area contributed by atoms with E-state index in [0.717, 1.165) is 0 Å². The Balaban J connectivity index is 2.85. The molecule has 0 aromatic carbocycles. The molecule has 1 nitrogen and oxygen atoms in total. The molecule has 0 radical (unpaired) electrons. The van der Waals surface area contributed by atoms with Gasteiger partial charge in [-0.15, -0.1) is 0 Å². The fourth-order valence-corrected chi connectivity index (χ4v) is 2.32. The van der Waals surface area contributed by atoms with E-state index in [1.807, 2.05) is 11.8 Å². The Morgan fingerprint density at radius 1 is 1.33 bits per heavy atom. The lowest BCUT2D eigenvalue weighted by Gasteiger charge is -2.17. The van der Waals surface area contributed by atoms with Gasteiger partial charge in [-0.2, -0.15) is 11.8 Å². The molecule has 0 amide bonds. The molecule has 0 spiro atoms. The molecule has 1 rings (SSSR count). The maximum atomic E-state index is 2.40. The highest BCUT2D eigenvalue weighted by Crippen LogP contribution is 2.18. The van der Waals surface area contributed by atoms with Gasteiger partial charge in [0, 0.05) is 23.2 Å². The van der Waals surface area contributed by atoms with E-state index in [1.165, 1.54) is 17.1 Å². The third-order valence-corrected chi connectivity index (χ3v) is 2.99. The largest absolute Gasteiger partial charge is 0.346 e. The van der Waals surface area contributed by atoms with Gasteiger partial charge in [0.1, 0.15) is 0 Å². The Morgan fingerprint density at radius 2 is 1.83 bits per heavy atom. The van der Waals surface area contributed by atoms with Gasteiger partial charge in [0.2, 0.25) is 0 Å². The summed E-state index contributed by atoms with van der Waals surface area (Å²) < 4.78 is 2.40. The maximum absolute atomic E-state index is 2.40. The number of aromatic nitrogens is 1. The van der Waals surface area contributed by atoms with Gasteiger partial charge in [-0.3, -0.25) is 0 Å². The third-order valence-electron chi connectivity index (χ3n) is 2.17. The molecular weight excluding hydrogens is 166 g/mol. The summed E-state index contributed by atoms with van der Waals surface area (Å²) in [6.07, 6.45) is 2.16. The second kappa shape index (κ2) is 4.04. The molecule has 1 atom stereocenters. The van der Waals surface area contributed by atoms with Gasteiger partial charge in [-0.1, -0.05) is 0 Å². The molecule has 0 aliphatic carbocycles. The van der Waals surface area contributed by atoms with Crippen LogP contribution in [0.2, 0.25) is 0 Å². The van der Waals surface area contributed by atoms with E-state index in [1.54, 1.807) is 0 Å². The Morgan fingerprint density at radius 3 is 2.25 bits per heavy atom. The standard InChI is InChI=1S/C10H17NS/c1-8-5-6-9(2)11(8)10(3)7-12-4/h5-6,10H,7H2,1-4H3. The minimum Gasteiger partial charge on any atom is -0.346 e. The minimum absolute atomic E-state index is 0.620. The molecule has 0 aliphatic heterocycles. The van der Waals surface area contributed by atoms with Gasteiger partial charge in [-0.25, -0.2) is 0 Å². The number of hydrogen-bond acceptors (Lipinski definition) is 1. The van der Waals surface area contributed by atoms with Gasteiger partial charge in [0.05, 0.1) is 0 Å². The SMILES string of the molecule is CSCC(C)n1c(C)ccc1C. The number of hydrogen-bond donors (Lipinski definition) is 0. The number of aryl methyl sites for hydroxylation is 2. The smallest absolute Gasteiger partial charge is 0.0397 e. The summed E-state index contributed by atoms with van der Waals surface area (Å²) in [6.45, 7) is 6.62. The van der Waals surface area contributed by atoms with Crippen LogP contribution in [0.15, 0.2) is 12.1 Å². The second-order valence-corrected chi connectivity index (χ2v) is 4.20. The van der Waals surface area contributed by atoms with Crippen LogP contribution in [0.3, 0.4) is 0 Å².